The van der Waals surface area contributed by atoms with E-state index in [9.17, 15) is 5.11 Å². The number of nitrogens with zero attached hydrogens (tertiary/aromatic N) is 2. The van der Waals surface area contributed by atoms with E-state index in [4.69, 9.17) is 9.47 Å². The topological polar surface area (TPSA) is 56.5 Å². The molecular formula is C16H20N2O3. The minimum Gasteiger partial charge on any atom is -0.483 e. The average Bonchev–Trinajstić information content (AvgIpc) is 2.85. The number of aliphatic hydroxyl groups excluding tert-OH is 1. The molecule has 112 valence electrons. The number of aliphatic hydroxyl groups is 1. The number of benzene rings is 1. The molecule has 0 saturated carbocycles. The van der Waals surface area contributed by atoms with Gasteiger partial charge in [0, 0.05) is 19.0 Å². The highest BCUT2D eigenvalue weighted by Crippen LogP contribution is 2.43. The minimum atomic E-state index is -0.218. The molecule has 0 unspecified atom stereocenters. The van der Waals surface area contributed by atoms with Crippen molar-refractivity contribution in [2.45, 2.75) is 39.4 Å². The Morgan fingerprint density at radius 1 is 1.43 bits per heavy atom. The van der Waals surface area contributed by atoms with E-state index in [0.717, 1.165) is 23.4 Å². The van der Waals surface area contributed by atoms with Gasteiger partial charge in [0.2, 0.25) is 5.88 Å². The van der Waals surface area contributed by atoms with Crippen LogP contribution in [-0.2, 0) is 20.1 Å². The number of ether oxygens (including phenoxy) is 2. The van der Waals surface area contributed by atoms with Gasteiger partial charge < -0.3 is 14.6 Å². The summed E-state index contributed by atoms with van der Waals surface area (Å²) in [5, 5.41) is 13.8. The van der Waals surface area contributed by atoms with Crippen LogP contribution in [0.4, 0.5) is 0 Å². The second-order valence-corrected chi connectivity index (χ2v) is 6.04. The first-order valence-corrected chi connectivity index (χ1v) is 7.03. The molecule has 2 heterocycles. The lowest BCUT2D eigenvalue weighted by Crippen LogP contribution is -2.24. The van der Waals surface area contributed by atoms with Gasteiger partial charge in [-0.3, -0.25) is 0 Å². The summed E-state index contributed by atoms with van der Waals surface area (Å²) in [7, 11) is 1.80. The first kappa shape index (κ1) is 13.9. The van der Waals surface area contributed by atoms with E-state index < -0.39 is 0 Å². The van der Waals surface area contributed by atoms with Crippen LogP contribution in [0.3, 0.4) is 0 Å². The largest absolute Gasteiger partial charge is 0.483 e. The third-order valence-corrected chi connectivity index (χ3v) is 3.71. The maximum Gasteiger partial charge on any atom is 0.223 e. The number of hydrogen-bond donors (Lipinski definition) is 1. The lowest BCUT2D eigenvalue weighted by atomic mass is 10.0. The zero-order chi connectivity index (χ0) is 15.2. The smallest absolute Gasteiger partial charge is 0.223 e. The molecule has 0 radical (unpaired) electrons. The molecule has 1 aromatic carbocycles. The van der Waals surface area contributed by atoms with Crippen molar-refractivity contribution in [3.05, 3.63) is 35.0 Å². The van der Waals surface area contributed by atoms with Crippen LogP contribution in [-0.4, -0.2) is 20.5 Å². The molecule has 0 amide bonds. The van der Waals surface area contributed by atoms with E-state index in [-0.39, 0.29) is 12.2 Å². The van der Waals surface area contributed by atoms with E-state index in [1.165, 1.54) is 0 Å². The van der Waals surface area contributed by atoms with Gasteiger partial charge in [0.1, 0.15) is 5.60 Å². The number of rotatable bonds is 3. The van der Waals surface area contributed by atoms with E-state index in [1.807, 2.05) is 19.1 Å². The van der Waals surface area contributed by atoms with Gasteiger partial charge in [-0.25, -0.2) is 4.68 Å². The standard InChI is InChI=1S/C16H20N2O3/c1-10-12(9-19)15(18(4)17-10)20-13-7-5-6-11-8-16(2,3)21-14(11)13/h5-7,19H,8-9H2,1-4H3. The van der Waals surface area contributed by atoms with Crippen LogP contribution in [0.2, 0.25) is 0 Å². The Hall–Kier alpha value is -2.01. The molecule has 0 aliphatic carbocycles. The third-order valence-electron chi connectivity index (χ3n) is 3.71. The van der Waals surface area contributed by atoms with E-state index >= 15 is 0 Å². The van der Waals surface area contributed by atoms with Crippen molar-refractivity contribution in [3.8, 4) is 17.4 Å². The van der Waals surface area contributed by atoms with Crippen LogP contribution < -0.4 is 9.47 Å². The molecule has 0 atom stereocenters. The Bertz CT molecular complexity index is 689. The van der Waals surface area contributed by atoms with Gasteiger partial charge in [0.25, 0.3) is 0 Å². The summed E-state index contributed by atoms with van der Waals surface area (Å²) in [6, 6.07) is 5.89. The first-order chi connectivity index (χ1) is 9.91. The highest BCUT2D eigenvalue weighted by atomic mass is 16.5. The van der Waals surface area contributed by atoms with Gasteiger partial charge in [-0.15, -0.1) is 0 Å². The molecule has 5 nitrogen and oxygen atoms in total. The molecule has 0 saturated heterocycles. The Kier molecular flexibility index (Phi) is 3.17. The molecular weight excluding hydrogens is 268 g/mol. The molecule has 0 bridgehead atoms. The summed E-state index contributed by atoms with van der Waals surface area (Å²) in [5.41, 5.74) is 2.39. The Morgan fingerprint density at radius 3 is 2.90 bits per heavy atom. The number of aryl methyl sites for hydroxylation is 2. The molecule has 0 fully saturated rings. The van der Waals surface area contributed by atoms with Crippen LogP contribution in [0.15, 0.2) is 18.2 Å². The van der Waals surface area contributed by atoms with E-state index in [1.54, 1.807) is 11.7 Å². The zero-order valence-electron chi connectivity index (χ0n) is 12.8. The molecule has 1 aliphatic heterocycles. The van der Waals surface area contributed by atoms with Crippen molar-refractivity contribution < 1.29 is 14.6 Å². The predicted octanol–water partition coefficient (Wildman–Crippen LogP) is 2.73. The predicted molar refractivity (Wildman–Crippen MR) is 78.8 cm³/mol. The van der Waals surface area contributed by atoms with Crippen molar-refractivity contribution in [2.75, 3.05) is 0 Å². The number of para-hydroxylation sites is 1. The molecule has 2 aromatic rings. The maximum absolute atomic E-state index is 9.50. The fourth-order valence-electron chi connectivity index (χ4n) is 2.76. The summed E-state index contributed by atoms with van der Waals surface area (Å²) in [5.74, 6) is 2.00. The first-order valence-electron chi connectivity index (χ1n) is 7.03. The van der Waals surface area contributed by atoms with Crippen LogP contribution >= 0.6 is 0 Å². The zero-order valence-corrected chi connectivity index (χ0v) is 12.8. The molecule has 21 heavy (non-hydrogen) atoms. The number of hydrogen-bond acceptors (Lipinski definition) is 4. The highest BCUT2D eigenvalue weighted by molar-refractivity contribution is 5.52. The van der Waals surface area contributed by atoms with Gasteiger partial charge in [-0.1, -0.05) is 12.1 Å². The van der Waals surface area contributed by atoms with Crippen LogP contribution in [0.25, 0.3) is 0 Å². The summed E-state index contributed by atoms with van der Waals surface area (Å²) in [4.78, 5) is 0. The molecule has 1 N–H and O–H groups in total. The van der Waals surface area contributed by atoms with Crippen molar-refractivity contribution >= 4 is 0 Å². The van der Waals surface area contributed by atoms with Crippen LogP contribution in [0.1, 0.15) is 30.7 Å². The van der Waals surface area contributed by atoms with Gasteiger partial charge in [0.15, 0.2) is 11.5 Å². The second-order valence-electron chi connectivity index (χ2n) is 6.04. The van der Waals surface area contributed by atoms with Crippen molar-refractivity contribution in [1.82, 2.24) is 9.78 Å². The molecule has 3 rings (SSSR count). The molecule has 5 heteroatoms. The number of aromatic nitrogens is 2. The Balaban J connectivity index is 2.00. The van der Waals surface area contributed by atoms with Gasteiger partial charge in [-0.05, 0) is 26.8 Å². The second kappa shape index (κ2) is 4.77. The Labute approximate surface area is 124 Å². The maximum atomic E-state index is 9.50. The highest BCUT2D eigenvalue weighted by Gasteiger charge is 2.32. The van der Waals surface area contributed by atoms with Gasteiger partial charge in [-0.2, -0.15) is 5.10 Å². The SMILES string of the molecule is Cc1nn(C)c(Oc2cccc3c2OC(C)(C)C3)c1CO. The van der Waals surface area contributed by atoms with E-state index in [2.05, 4.69) is 25.0 Å². The summed E-state index contributed by atoms with van der Waals surface area (Å²) < 4.78 is 13.6. The lowest BCUT2D eigenvalue weighted by molar-refractivity contribution is 0.134. The normalized spacial score (nSPS) is 15.7. The molecule has 0 spiro atoms. The average molecular weight is 288 g/mol. The fourth-order valence-corrected chi connectivity index (χ4v) is 2.76. The summed E-state index contributed by atoms with van der Waals surface area (Å²) in [6.45, 7) is 5.87. The lowest BCUT2D eigenvalue weighted by Gasteiger charge is -2.18. The fraction of sp³-hybridized carbons (Fsp3) is 0.438. The van der Waals surface area contributed by atoms with Crippen molar-refractivity contribution in [2.24, 2.45) is 7.05 Å². The Morgan fingerprint density at radius 2 is 2.19 bits per heavy atom. The van der Waals surface area contributed by atoms with Gasteiger partial charge >= 0.3 is 0 Å². The molecule has 1 aliphatic rings. The monoisotopic (exact) mass is 288 g/mol. The molecule has 1 aromatic heterocycles. The quantitative estimate of drug-likeness (QED) is 0.943. The van der Waals surface area contributed by atoms with Crippen LogP contribution in [0, 0.1) is 6.92 Å². The summed E-state index contributed by atoms with van der Waals surface area (Å²) in [6.07, 6.45) is 0.858. The third kappa shape index (κ3) is 2.38. The van der Waals surface area contributed by atoms with Gasteiger partial charge in [0.05, 0.1) is 17.9 Å². The minimum absolute atomic E-state index is 0.101. The van der Waals surface area contributed by atoms with Crippen molar-refractivity contribution in [1.29, 1.82) is 0 Å². The number of fused-ring (bicyclic) bond motifs is 1. The van der Waals surface area contributed by atoms with Crippen LogP contribution in [0.5, 0.6) is 17.4 Å². The van der Waals surface area contributed by atoms with E-state index in [0.29, 0.717) is 17.2 Å². The summed E-state index contributed by atoms with van der Waals surface area (Å²) >= 11 is 0. The van der Waals surface area contributed by atoms with Crippen molar-refractivity contribution in [3.63, 3.8) is 0 Å².